The smallest absolute Gasteiger partial charge is 0.407 e. The minimum Gasteiger partial charge on any atom is -0.444 e. The molecular formula is C19H28ClN3O3. The SMILES string of the molecule is CC(C)(C)OC(=O)NCc1ccc(Cl)cc1CNC(=O)C1(C)CCCN1. The van der Waals surface area contributed by atoms with Crippen molar-refractivity contribution in [2.75, 3.05) is 6.54 Å². The number of ether oxygens (including phenoxy) is 1. The van der Waals surface area contributed by atoms with Gasteiger partial charge in [0.25, 0.3) is 0 Å². The summed E-state index contributed by atoms with van der Waals surface area (Å²) in [4.78, 5) is 24.3. The van der Waals surface area contributed by atoms with Crippen molar-refractivity contribution >= 4 is 23.6 Å². The van der Waals surface area contributed by atoms with Gasteiger partial charge in [0.15, 0.2) is 0 Å². The van der Waals surface area contributed by atoms with Gasteiger partial charge in [0.2, 0.25) is 5.91 Å². The van der Waals surface area contributed by atoms with Crippen molar-refractivity contribution in [1.82, 2.24) is 16.0 Å². The maximum Gasteiger partial charge on any atom is 0.407 e. The van der Waals surface area contributed by atoms with Gasteiger partial charge < -0.3 is 20.7 Å². The first-order valence-corrected chi connectivity index (χ1v) is 9.24. The molecular weight excluding hydrogens is 354 g/mol. The van der Waals surface area contributed by atoms with Crippen molar-refractivity contribution in [3.8, 4) is 0 Å². The summed E-state index contributed by atoms with van der Waals surface area (Å²) >= 11 is 6.10. The van der Waals surface area contributed by atoms with E-state index < -0.39 is 17.2 Å². The number of hydrogen-bond acceptors (Lipinski definition) is 4. The fourth-order valence-corrected chi connectivity index (χ4v) is 3.07. The van der Waals surface area contributed by atoms with E-state index in [0.717, 1.165) is 30.5 Å². The van der Waals surface area contributed by atoms with Crippen LogP contribution in [0.5, 0.6) is 0 Å². The molecule has 7 heteroatoms. The molecule has 144 valence electrons. The lowest BCUT2D eigenvalue weighted by molar-refractivity contribution is -0.126. The van der Waals surface area contributed by atoms with Crippen LogP contribution in [0, 0.1) is 0 Å². The van der Waals surface area contributed by atoms with E-state index in [-0.39, 0.29) is 5.91 Å². The van der Waals surface area contributed by atoms with E-state index in [4.69, 9.17) is 16.3 Å². The van der Waals surface area contributed by atoms with E-state index in [9.17, 15) is 9.59 Å². The van der Waals surface area contributed by atoms with Gasteiger partial charge in [-0.3, -0.25) is 4.79 Å². The lowest BCUT2D eigenvalue weighted by Gasteiger charge is -2.23. The predicted octanol–water partition coefficient (Wildman–Crippen LogP) is 3.12. The second kappa shape index (κ2) is 8.27. The molecule has 1 heterocycles. The Labute approximate surface area is 160 Å². The molecule has 6 nitrogen and oxygen atoms in total. The van der Waals surface area contributed by atoms with Crippen LogP contribution in [0.4, 0.5) is 4.79 Å². The number of nitrogens with one attached hydrogen (secondary N) is 3. The van der Waals surface area contributed by atoms with Crippen molar-refractivity contribution in [2.24, 2.45) is 0 Å². The second-order valence-corrected chi connectivity index (χ2v) is 8.25. The quantitative estimate of drug-likeness (QED) is 0.732. The molecule has 0 spiro atoms. The Morgan fingerprint density at radius 2 is 1.92 bits per heavy atom. The largest absolute Gasteiger partial charge is 0.444 e. The highest BCUT2D eigenvalue weighted by atomic mass is 35.5. The predicted molar refractivity (Wildman–Crippen MR) is 102 cm³/mol. The van der Waals surface area contributed by atoms with Gasteiger partial charge in [-0.15, -0.1) is 0 Å². The summed E-state index contributed by atoms with van der Waals surface area (Å²) in [6.07, 6.45) is 1.33. The van der Waals surface area contributed by atoms with Crippen LogP contribution in [0.1, 0.15) is 51.7 Å². The topological polar surface area (TPSA) is 79.5 Å². The molecule has 1 fully saturated rings. The standard InChI is InChI=1S/C19H28ClN3O3/c1-18(2,3)26-17(25)22-11-13-6-7-15(20)10-14(13)12-21-16(24)19(4)8-5-9-23-19/h6-7,10,23H,5,8-9,11-12H2,1-4H3,(H,21,24)(H,22,25). The Morgan fingerprint density at radius 1 is 1.23 bits per heavy atom. The number of benzene rings is 1. The summed E-state index contributed by atoms with van der Waals surface area (Å²) in [6.45, 7) is 8.85. The summed E-state index contributed by atoms with van der Waals surface area (Å²) in [5, 5.41) is 9.54. The third-order valence-corrected chi connectivity index (χ3v) is 4.53. The number of halogens is 1. The summed E-state index contributed by atoms with van der Waals surface area (Å²) in [5.41, 5.74) is 0.673. The van der Waals surface area contributed by atoms with Crippen LogP contribution in [-0.2, 0) is 22.6 Å². The zero-order valence-electron chi connectivity index (χ0n) is 15.9. The Kier molecular flexibility index (Phi) is 6.53. The van der Waals surface area contributed by atoms with Crippen molar-refractivity contribution in [3.05, 3.63) is 34.3 Å². The summed E-state index contributed by atoms with van der Waals surface area (Å²) in [7, 11) is 0. The molecule has 2 amide bonds. The Hall–Kier alpha value is -1.79. The molecule has 0 aliphatic carbocycles. The number of amides is 2. The van der Waals surface area contributed by atoms with E-state index in [2.05, 4.69) is 16.0 Å². The van der Waals surface area contributed by atoms with E-state index in [0.29, 0.717) is 18.1 Å². The summed E-state index contributed by atoms with van der Waals surface area (Å²) in [6, 6.07) is 5.41. The fraction of sp³-hybridized carbons (Fsp3) is 0.579. The molecule has 1 aromatic rings. The normalized spacial score (nSPS) is 19.9. The van der Waals surface area contributed by atoms with Gasteiger partial charge in [0.1, 0.15) is 5.60 Å². The Bertz CT molecular complexity index is 664. The van der Waals surface area contributed by atoms with Crippen LogP contribution in [-0.4, -0.2) is 29.7 Å². The minimum absolute atomic E-state index is 0.0268. The van der Waals surface area contributed by atoms with Crippen LogP contribution in [0.25, 0.3) is 0 Å². The molecule has 1 aliphatic heterocycles. The monoisotopic (exact) mass is 381 g/mol. The van der Waals surface area contributed by atoms with Gasteiger partial charge in [-0.05, 0) is 70.3 Å². The Morgan fingerprint density at radius 3 is 2.54 bits per heavy atom. The van der Waals surface area contributed by atoms with Crippen LogP contribution in [0.3, 0.4) is 0 Å². The van der Waals surface area contributed by atoms with E-state index in [1.807, 2.05) is 33.8 Å². The molecule has 0 radical (unpaired) electrons. The van der Waals surface area contributed by atoms with Crippen LogP contribution < -0.4 is 16.0 Å². The van der Waals surface area contributed by atoms with Gasteiger partial charge in [0.05, 0.1) is 5.54 Å². The first-order valence-electron chi connectivity index (χ1n) is 8.86. The molecule has 3 N–H and O–H groups in total. The number of alkyl carbamates (subject to hydrolysis) is 1. The molecule has 0 aromatic heterocycles. The maximum atomic E-state index is 12.5. The molecule has 2 rings (SSSR count). The van der Waals surface area contributed by atoms with Crippen molar-refractivity contribution < 1.29 is 14.3 Å². The highest BCUT2D eigenvalue weighted by Crippen LogP contribution is 2.20. The van der Waals surface area contributed by atoms with E-state index >= 15 is 0 Å². The van der Waals surface area contributed by atoms with Crippen LogP contribution >= 0.6 is 11.6 Å². The summed E-state index contributed by atoms with van der Waals surface area (Å²) < 4.78 is 5.25. The highest BCUT2D eigenvalue weighted by Gasteiger charge is 2.35. The number of hydrogen-bond donors (Lipinski definition) is 3. The first-order chi connectivity index (χ1) is 12.1. The molecule has 1 aromatic carbocycles. The molecule has 1 aliphatic rings. The molecule has 0 saturated carbocycles. The second-order valence-electron chi connectivity index (χ2n) is 7.81. The third kappa shape index (κ3) is 5.88. The first kappa shape index (κ1) is 20.5. The summed E-state index contributed by atoms with van der Waals surface area (Å²) in [5.74, 6) is -0.0268. The fourth-order valence-electron chi connectivity index (χ4n) is 2.87. The Balaban J connectivity index is 1.98. The number of carbonyl (C=O) groups is 2. The van der Waals surface area contributed by atoms with Crippen molar-refractivity contribution in [2.45, 2.75) is 64.8 Å². The van der Waals surface area contributed by atoms with Gasteiger partial charge >= 0.3 is 6.09 Å². The van der Waals surface area contributed by atoms with Gasteiger partial charge in [-0.1, -0.05) is 17.7 Å². The average Bonchev–Trinajstić information content (AvgIpc) is 2.98. The number of rotatable bonds is 5. The lowest BCUT2D eigenvalue weighted by atomic mass is 9.99. The lowest BCUT2D eigenvalue weighted by Crippen LogP contribution is -2.50. The third-order valence-electron chi connectivity index (χ3n) is 4.30. The van der Waals surface area contributed by atoms with E-state index in [1.165, 1.54) is 0 Å². The van der Waals surface area contributed by atoms with Crippen LogP contribution in [0.2, 0.25) is 5.02 Å². The molecule has 26 heavy (non-hydrogen) atoms. The average molecular weight is 382 g/mol. The zero-order valence-corrected chi connectivity index (χ0v) is 16.6. The van der Waals surface area contributed by atoms with Crippen molar-refractivity contribution in [1.29, 1.82) is 0 Å². The maximum absolute atomic E-state index is 12.5. The molecule has 1 unspecified atom stereocenters. The minimum atomic E-state index is -0.551. The highest BCUT2D eigenvalue weighted by molar-refractivity contribution is 6.30. The molecule has 0 bridgehead atoms. The zero-order chi connectivity index (χ0) is 19.4. The van der Waals surface area contributed by atoms with E-state index in [1.54, 1.807) is 12.1 Å². The number of carbonyl (C=O) groups excluding carboxylic acids is 2. The molecule has 1 atom stereocenters. The van der Waals surface area contributed by atoms with Gasteiger partial charge in [0, 0.05) is 18.1 Å². The van der Waals surface area contributed by atoms with Crippen molar-refractivity contribution in [3.63, 3.8) is 0 Å². The van der Waals surface area contributed by atoms with Gasteiger partial charge in [-0.25, -0.2) is 4.79 Å². The van der Waals surface area contributed by atoms with Crippen LogP contribution in [0.15, 0.2) is 18.2 Å². The van der Waals surface area contributed by atoms with Gasteiger partial charge in [-0.2, -0.15) is 0 Å². The molecule has 1 saturated heterocycles.